The summed E-state index contributed by atoms with van der Waals surface area (Å²) < 4.78 is 10.9. The summed E-state index contributed by atoms with van der Waals surface area (Å²) in [6.45, 7) is 0. The molecule has 1 aromatic heterocycles. The molecule has 1 heterocycles. The number of furan rings is 1. The van der Waals surface area contributed by atoms with Crippen molar-refractivity contribution in [1.82, 2.24) is 0 Å². The van der Waals surface area contributed by atoms with Crippen molar-refractivity contribution in [3.63, 3.8) is 0 Å². The van der Waals surface area contributed by atoms with E-state index in [0.717, 1.165) is 5.56 Å². The zero-order valence-electron chi connectivity index (χ0n) is 10.9. The average Bonchev–Trinajstić information content (AvgIpc) is 2.77. The first-order valence-corrected chi connectivity index (χ1v) is 6.58. The van der Waals surface area contributed by atoms with Gasteiger partial charge in [-0.15, -0.1) is 0 Å². The second-order valence-electron chi connectivity index (χ2n) is 4.54. The molecule has 0 saturated heterocycles. The monoisotopic (exact) mass is 288 g/mol. The van der Waals surface area contributed by atoms with Gasteiger partial charge in [-0.2, -0.15) is 0 Å². The lowest BCUT2D eigenvalue weighted by Crippen LogP contribution is -1.85. The summed E-state index contributed by atoms with van der Waals surface area (Å²) in [7, 11) is 1.60. The summed E-state index contributed by atoms with van der Waals surface area (Å²) in [5.74, 6) is 1.41. The van der Waals surface area contributed by atoms with Gasteiger partial charge in [-0.05, 0) is 29.8 Å². The highest BCUT2D eigenvalue weighted by molar-refractivity contribution is 6.30. The molecule has 1 N–H and O–H groups in total. The van der Waals surface area contributed by atoms with Crippen LogP contribution in [0.15, 0.2) is 46.9 Å². The van der Waals surface area contributed by atoms with Gasteiger partial charge in [-0.1, -0.05) is 23.7 Å². The Morgan fingerprint density at radius 3 is 2.60 bits per heavy atom. The fourth-order valence-electron chi connectivity index (χ4n) is 2.15. The normalized spacial score (nSPS) is 10.9. The first-order chi connectivity index (χ1) is 9.67. The molecule has 0 unspecified atom stereocenters. The number of ether oxygens (including phenoxy) is 1. The summed E-state index contributed by atoms with van der Waals surface area (Å²) in [6.07, 6.45) is 0.514. The Balaban J connectivity index is 1.99. The second kappa shape index (κ2) is 5.10. The zero-order chi connectivity index (χ0) is 14.1. The van der Waals surface area contributed by atoms with Gasteiger partial charge in [0, 0.05) is 17.5 Å². The lowest BCUT2D eigenvalue weighted by Gasteiger charge is -1.99. The molecular formula is C16H13ClO3. The molecule has 0 spiro atoms. The fourth-order valence-corrected chi connectivity index (χ4v) is 2.27. The Morgan fingerprint density at radius 1 is 1.15 bits per heavy atom. The van der Waals surface area contributed by atoms with E-state index in [0.29, 0.717) is 33.9 Å². The molecule has 4 heteroatoms. The van der Waals surface area contributed by atoms with E-state index >= 15 is 0 Å². The molecule has 102 valence electrons. The maximum Gasteiger partial charge on any atom is 0.165 e. The highest BCUT2D eigenvalue weighted by Crippen LogP contribution is 2.35. The molecule has 20 heavy (non-hydrogen) atoms. The third-order valence-electron chi connectivity index (χ3n) is 3.22. The molecule has 0 aliphatic rings. The molecule has 0 radical (unpaired) electrons. The number of benzene rings is 2. The number of halogens is 1. The molecule has 0 aliphatic heterocycles. The van der Waals surface area contributed by atoms with E-state index < -0.39 is 0 Å². The van der Waals surface area contributed by atoms with Crippen LogP contribution in [0, 0.1) is 0 Å². The van der Waals surface area contributed by atoms with E-state index in [9.17, 15) is 5.11 Å². The molecule has 3 aromatic rings. The van der Waals surface area contributed by atoms with E-state index in [1.165, 1.54) is 0 Å². The second-order valence-corrected chi connectivity index (χ2v) is 4.98. The minimum Gasteiger partial charge on any atom is -0.504 e. The van der Waals surface area contributed by atoms with Crippen molar-refractivity contribution in [3.05, 3.63) is 58.8 Å². The van der Waals surface area contributed by atoms with E-state index in [2.05, 4.69) is 0 Å². The van der Waals surface area contributed by atoms with Crippen molar-refractivity contribution < 1.29 is 14.3 Å². The Labute approximate surface area is 121 Å². The highest BCUT2D eigenvalue weighted by Gasteiger charge is 2.14. The Bertz CT molecular complexity index is 744. The van der Waals surface area contributed by atoms with Crippen LogP contribution in [-0.4, -0.2) is 12.2 Å². The van der Waals surface area contributed by atoms with Gasteiger partial charge in [0.1, 0.15) is 11.3 Å². The minimum atomic E-state index is 0.178. The molecule has 3 nitrogen and oxygen atoms in total. The molecule has 0 bridgehead atoms. The summed E-state index contributed by atoms with van der Waals surface area (Å²) in [6, 6.07) is 12.8. The maximum atomic E-state index is 10.2. The van der Waals surface area contributed by atoms with Crippen LogP contribution >= 0.6 is 11.6 Å². The molecule has 0 atom stereocenters. The maximum absolute atomic E-state index is 10.2. The first-order valence-electron chi connectivity index (χ1n) is 6.20. The molecule has 0 saturated carbocycles. The third-order valence-corrected chi connectivity index (χ3v) is 3.47. The number of rotatable bonds is 3. The smallest absolute Gasteiger partial charge is 0.165 e. The summed E-state index contributed by atoms with van der Waals surface area (Å²) in [5, 5.41) is 11.6. The SMILES string of the molecule is COc1ccc2c(O)c(Cc3ccc(Cl)cc3)oc2c1. The van der Waals surface area contributed by atoms with E-state index in [4.69, 9.17) is 20.8 Å². The van der Waals surface area contributed by atoms with Crippen molar-refractivity contribution in [3.8, 4) is 11.5 Å². The van der Waals surface area contributed by atoms with Crippen LogP contribution in [0.3, 0.4) is 0 Å². The molecule has 0 amide bonds. The topological polar surface area (TPSA) is 42.6 Å². The minimum absolute atomic E-state index is 0.178. The number of hydrogen-bond acceptors (Lipinski definition) is 3. The summed E-state index contributed by atoms with van der Waals surface area (Å²) >= 11 is 5.86. The summed E-state index contributed by atoms with van der Waals surface area (Å²) in [4.78, 5) is 0. The summed E-state index contributed by atoms with van der Waals surface area (Å²) in [5.41, 5.74) is 1.64. The van der Waals surface area contributed by atoms with Crippen molar-refractivity contribution in [1.29, 1.82) is 0 Å². The van der Waals surface area contributed by atoms with E-state index in [1.54, 1.807) is 25.3 Å². The number of methoxy groups -OCH3 is 1. The van der Waals surface area contributed by atoms with Gasteiger partial charge >= 0.3 is 0 Å². The first kappa shape index (κ1) is 12.9. The lowest BCUT2D eigenvalue weighted by atomic mass is 10.1. The predicted molar refractivity (Wildman–Crippen MR) is 78.7 cm³/mol. The van der Waals surface area contributed by atoms with Crippen molar-refractivity contribution in [2.24, 2.45) is 0 Å². The zero-order valence-corrected chi connectivity index (χ0v) is 11.6. The largest absolute Gasteiger partial charge is 0.504 e. The van der Waals surface area contributed by atoms with Gasteiger partial charge in [0.2, 0.25) is 0 Å². The average molecular weight is 289 g/mol. The van der Waals surface area contributed by atoms with E-state index in [1.807, 2.05) is 24.3 Å². The van der Waals surface area contributed by atoms with Crippen LogP contribution in [-0.2, 0) is 6.42 Å². The van der Waals surface area contributed by atoms with E-state index in [-0.39, 0.29) is 5.75 Å². The lowest BCUT2D eigenvalue weighted by molar-refractivity contribution is 0.414. The van der Waals surface area contributed by atoms with Crippen LogP contribution in [0.5, 0.6) is 11.5 Å². The Morgan fingerprint density at radius 2 is 1.90 bits per heavy atom. The predicted octanol–water partition coefficient (Wildman–Crippen LogP) is 4.39. The van der Waals surface area contributed by atoms with Crippen LogP contribution in [0.25, 0.3) is 11.0 Å². The van der Waals surface area contributed by atoms with Gasteiger partial charge in [-0.25, -0.2) is 0 Å². The number of fused-ring (bicyclic) bond motifs is 1. The van der Waals surface area contributed by atoms with Crippen LogP contribution in [0.2, 0.25) is 5.02 Å². The molecule has 3 rings (SSSR count). The molecule has 0 fully saturated rings. The van der Waals surface area contributed by atoms with Crippen LogP contribution in [0.1, 0.15) is 11.3 Å². The highest BCUT2D eigenvalue weighted by atomic mass is 35.5. The van der Waals surface area contributed by atoms with Gasteiger partial charge in [0.25, 0.3) is 0 Å². The van der Waals surface area contributed by atoms with Gasteiger partial charge in [0.15, 0.2) is 11.5 Å². The standard InChI is InChI=1S/C16H13ClO3/c1-19-12-6-7-13-14(9-12)20-15(16(13)18)8-10-2-4-11(17)5-3-10/h2-7,9,18H,8H2,1H3. The number of hydrogen-bond donors (Lipinski definition) is 1. The third kappa shape index (κ3) is 2.32. The van der Waals surface area contributed by atoms with Crippen molar-refractivity contribution >= 4 is 22.6 Å². The van der Waals surface area contributed by atoms with Gasteiger partial charge in [0.05, 0.1) is 12.5 Å². The molecule has 2 aromatic carbocycles. The van der Waals surface area contributed by atoms with Crippen molar-refractivity contribution in [2.75, 3.05) is 7.11 Å². The quantitative estimate of drug-likeness (QED) is 0.777. The Kier molecular flexibility index (Phi) is 3.28. The van der Waals surface area contributed by atoms with Crippen molar-refractivity contribution in [2.45, 2.75) is 6.42 Å². The van der Waals surface area contributed by atoms with Gasteiger partial charge < -0.3 is 14.3 Å². The van der Waals surface area contributed by atoms with Gasteiger partial charge in [-0.3, -0.25) is 0 Å². The fraction of sp³-hybridized carbons (Fsp3) is 0.125. The Hall–Kier alpha value is -2.13. The van der Waals surface area contributed by atoms with Crippen LogP contribution in [0.4, 0.5) is 0 Å². The molecule has 0 aliphatic carbocycles. The molecular weight excluding hydrogens is 276 g/mol. The van der Waals surface area contributed by atoms with Crippen LogP contribution < -0.4 is 4.74 Å². The number of aromatic hydroxyl groups is 1.